The van der Waals surface area contributed by atoms with E-state index in [2.05, 4.69) is 94.1 Å². The Labute approximate surface area is 132 Å². The van der Waals surface area contributed by atoms with Gasteiger partial charge in [0.25, 0.3) is 0 Å². The molecule has 0 saturated heterocycles. The van der Waals surface area contributed by atoms with Crippen LogP contribution in [0.2, 0.25) is 0 Å². The average Bonchev–Trinajstić information content (AvgIpc) is 2.64. The summed E-state index contributed by atoms with van der Waals surface area (Å²) in [7, 11) is 0. The quantitative estimate of drug-likeness (QED) is 0.421. The third kappa shape index (κ3) is 2.99. The molecule has 2 aromatic rings. The number of thiophene rings is 1. The maximum absolute atomic E-state index is 3.73. The molecule has 0 aliphatic heterocycles. The van der Waals surface area contributed by atoms with Gasteiger partial charge in [-0.05, 0) is 45.8 Å². The van der Waals surface area contributed by atoms with Crippen LogP contribution in [0, 0.1) is 0 Å². The minimum absolute atomic E-state index is 0.228. The van der Waals surface area contributed by atoms with E-state index in [0.717, 1.165) is 12.7 Å². The van der Waals surface area contributed by atoms with Crippen molar-refractivity contribution in [1.29, 1.82) is 0 Å². The van der Waals surface area contributed by atoms with Crippen LogP contribution in [0.3, 0.4) is 0 Å². The highest BCUT2D eigenvalue weighted by molar-refractivity contribution is 9.11. The first kappa shape index (κ1) is 13.3. The fourth-order valence-electron chi connectivity index (χ4n) is 1.32. The first-order valence-electron chi connectivity index (χ1n) is 4.42. The van der Waals surface area contributed by atoms with Gasteiger partial charge in [-0.3, -0.25) is 0 Å². The molecular weight excluding hydrogens is 484 g/mol. The normalized spacial score (nSPS) is 12.8. The van der Waals surface area contributed by atoms with Gasteiger partial charge in [-0.1, -0.05) is 53.9 Å². The second kappa shape index (κ2) is 5.65. The Bertz CT molecular complexity index is 506. The minimum atomic E-state index is 0.228. The third-order valence-electron chi connectivity index (χ3n) is 2.08. The van der Waals surface area contributed by atoms with Crippen molar-refractivity contribution in [2.75, 3.05) is 0 Å². The Morgan fingerprint density at radius 1 is 1.00 bits per heavy atom. The molecular formula is C11H6Br4S. The van der Waals surface area contributed by atoms with Crippen molar-refractivity contribution < 1.29 is 0 Å². The lowest BCUT2D eigenvalue weighted by molar-refractivity contribution is 1.20. The second-order valence-corrected chi connectivity index (χ2v) is 8.35. The number of benzene rings is 1. The number of hydrogen-bond donors (Lipinski definition) is 0. The lowest BCUT2D eigenvalue weighted by atomic mass is 10.1. The summed E-state index contributed by atoms with van der Waals surface area (Å²) in [4.78, 5) is 1.51. The van der Waals surface area contributed by atoms with E-state index in [9.17, 15) is 0 Å². The summed E-state index contributed by atoms with van der Waals surface area (Å²) in [6.07, 6.45) is 0. The maximum Gasteiger partial charge on any atom is 0.0749 e. The smallest absolute Gasteiger partial charge is 0.0749 e. The van der Waals surface area contributed by atoms with E-state index in [-0.39, 0.29) is 4.83 Å². The van der Waals surface area contributed by atoms with Gasteiger partial charge in [0.05, 0.1) is 8.61 Å². The first-order chi connectivity index (χ1) is 7.58. The molecule has 0 spiro atoms. The topological polar surface area (TPSA) is 0 Å². The number of halogens is 4. The van der Waals surface area contributed by atoms with E-state index in [1.807, 2.05) is 0 Å². The average molecular weight is 490 g/mol. The molecule has 0 fully saturated rings. The van der Waals surface area contributed by atoms with Crippen LogP contribution < -0.4 is 0 Å². The minimum Gasteiger partial charge on any atom is -0.132 e. The van der Waals surface area contributed by atoms with E-state index in [4.69, 9.17) is 0 Å². The van der Waals surface area contributed by atoms with E-state index in [1.165, 1.54) is 10.4 Å². The zero-order chi connectivity index (χ0) is 11.7. The molecule has 1 unspecified atom stereocenters. The molecule has 2 rings (SSSR count). The van der Waals surface area contributed by atoms with Gasteiger partial charge in [-0.2, -0.15) is 0 Å². The predicted molar refractivity (Wildman–Crippen MR) is 84.6 cm³/mol. The molecule has 0 amide bonds. The van der Waals surface area contributed by atoms with Gasteiger partial charge in [0.15, 0.2) is 0 Å². The lowest BCUT2D eigenvalue weighted by Gasteiger charge is -2.10. The van der Waals surface area contributed by atoms with Crippen LogP contribution in [0.4, 0.5) is 0 Å². The maximum atomic E-state index is 3.73. The van der Waals surface area contributed by atoms with Crippen LogP contribution >= 0.6 is 75.1 Å². The van der Waals surface area contributed by atoms with E-state index in [0.29, 0.717) is 0 Å². The number of rotatable bonds is 2. The van der Waals surface area contributed by atoms with Gasteiger partial charge in [0, 0.05) is 13.8 Å². The summed E-state index contributed by atoms with van der Waals surface area (Å²) in [5.41, 5.74) is 1.23. The SMILES string of the molecule is Brc1ccc(C(Br)c2ccc(Br)s2)c(Br)c1. The van der Waals surface area contributed by atoms with E-state index < -0.39 is 0 Å². The van der Waals surface area contributed by atoms with Crippen LogP contribution in [0.1, 0.15) is 15.3 Å². The van der Waals surface area contributed by atoms with Crippen LogP contribution in [0.5, 0.6) is 0 Å². The molecule has 1 aromatic heterocycles. The molecule has 1 heterocycles. The van der Waals surface area contributed by atoms with Crippen molar-refractivity contribution in [3.8, 4) is 0 Å². The molecule has 0 nitrogen and oxygen atoms in total. The van der Waals surface area contributed by atoms with Gasteiger partial charge in [0.1, 0.15) is 0 Å². The van der Waals surface area contributed by atoms with Crippen molar-refractivity contribution in [2.45, 2.75) is 4.83 Å². The lowest BCUT2D eigenvalue weighted by Crippen LogP contribution is -1.90. The van der Waals surface area contributed by atoms with Crippen molar-refractivity contribution in [2.24, 2.45) is 0 Å². The summed E-state index contributed by atoms with van der Waals surface area (Å²) in [6, 6.07) is 10.4. The van der Waals surface area contributed by atoms with Gasteiger partial charge in [0.2, 0.25) is 0 Å². The Morgan fingerprint density at radius 2 is 1.75 bits per heavy atom. The summed E-state index contributed by atoms with van der Waals surface area (Å²) >= 11 is 16.0. The summed E-state index contributed by atoms with van der Waals surface area (Å²) in [6.45, 7) is 0. The van der Waals surface area contributed by atoms with Crippen LogP contribution in [-0.4, -0.2) is 0 Å². The van der Waals surface area contributed by atoms with Crippen molar-refractivity contribution in [1.82, 2.24) is 0 Å². The second-order valence-electron chi connectivity index (χ2n) is 3.17. The zero-order valence-electron chi connectivity index (χ0n) is 7.88. The van der Waals surface area contributed by atoms with Crippen LogP contribution in [-0.2, 0) is 0 Å². The molecule has 1 aromatic carbocycles. The largest absolute Gasteiger partial charge is 0.132 e. The molecule has 0 saturated carbocycles. The van der Waals surface area contributed by atoms with Gasteiger partial charge in [-0.15, -0.1) is 11.3 Å². The van der Waals surface area contributed by atoms with Crippen molar-refractivity contribution >= 4 is 75.1 Å². The van der Waals surface area contributed by atoms with Gasteiger partial charge < -0.3 is 0 Å². The summed E-state index contributed by atoms with van der Waals surface area (Å²) < 4.78 is 3.34. The number of hydrogen-bond acceptors (Lipinski definition) is 1. The Balaban J connectivity index is 2.37. The summed E-state index contributed by atoms with van der Waals surface area (Å²) in [5, 5.41) is 0. The molecule has 0 aliphatic rings. The Morgan fingerprint density at radius 3 is 2.31 bits per heavy atom. The highest BCUT2D eigenvalue weighted by Crippen LogP contribution is 2.40. The Kier molecular flexibility index (Phi) is 4.69. The summed E-state index contributed by atoms with van der Waals surface area (Å²) in [5.74, 6) is 0. The Hall–Kier alpha value is 0.840. The molecule has 5 heteroatoms. The van der Waals surface area contributed by atoms with Crippen molar-refractivity contribution in [3.63, 3.8) is 0 Å². The van der Waals surface area contributed by atoms with Gasteiger partial charge >= 0.3 is 0 Å². The third-order valence-corrected chi connectivity index (χ3v) is 6.24. The van der Waals surface area contributed by atoms with Gasteiger partial charge in [-0.25, -0.2) is 0 Å². The first-order valence-corrected chi connectivity index (χ1v) is 8.53. The molecule has 0 radical (unpaired) electrons. The number of alkyl halides is 1. The van der Waals surface area contributed by atoms with Crippen LogP contribution in [0.25, 0.3) is 0 Å². The molecule has 0 bridgehead atoms. The highest BCUT2D eigenvalue weighted by atomic mass is 79.9. The van der Waals surface area contributed by atoms with E-state index >= 15 is 0 Å². The van der Waals surface area contributed by atoms with Crippen molar-refractivity contribution in [3.05, 3.63) is 53.5 Å². The fraction of sp³-hybridized carbons (Fsp3) is 0.0909. The standard InChI is InChI=1S/C11H6Br4S/c12-6-1-2-7(8(13)5-6)11(15)9-3-4-10(14)16-9/h1-5,11H. The van der Waals surface area contributed by atoms with Crippen LogP contribution in [0.15, 0.2) is 43.1 Å². The fourth-order valence-corrected chi connectivity index (χ4v) is 5.16. The monoisotopic (exact) mass is 486 g/mol. The molecule has 84 valence electrons. The zero-order valence-corrected chi connectivity index (χ0v) is 15.0. The molecule has 16 heavy (non-hydrogen) atoms. The molecule has 0 aliphatic carbocycles. The highest BCUT2D eigenvalue weighted by Gasteiger charge is 2.15. The van der Waals surface area contributed by atoms with E-state index in [1.54, 1.807) is 11.3 Å². The molecule has 0 N–H and O–H groups in total. The predicted octanol–water partition coefficient (Wildman–Crippen LogP) is 6.52. The molecule has 1 atom stereocenters.